The van der Waals surface area contributed by atoms with Crippen LogP contribution in [0.5, 0.6) is 0 Å². The molecule has 0 spiro atoms. The summed E-state index contributed by atoms with van der Waals surface area (Å²) in [6, 6.07) is 2.60. The highest BCUT2D eigenvalue weighted by Gasteiger charge is 2.21. The van der Waals surface area contributed by atoms with Gasteiger partial charge in [-0.3, -0.25) is 0 Å². The first-order chi connectivity index (χ1) is 7.33. The zero-order valence-corrected chi connectivity index (χ0v) is 8.95. The number of aromatic nitrogens is 1. The van der Waals surface area contributed by atoms with E-state index in [1.165, 1.54) is 30.4 Å². The first-order valence-electron chi connectivity index (χ1n) is 5.81. The monoisotopic (exact) mass is 203 g/mol. The van der Waals surface area contributed by atoms with E-state index >= 15 is 0 Å². The van der Waals surface area contributed by atoms with E-state index in [1.54, 1.807) is 0 Å². The molecule has 0 saturated carbocycles. The highest BCUT2D eigenvalue weighted by molar-refractivity contribution is 5.46. The van der Waals surface area contributed by atoms with Crippen molar-refractivity contribution in [2.24, 2.45) is 5.73 Å². The van der Waals surface area contributed by atoms with Crippen LogP contribution in [0.25, 0.3) is 0 Å². The Labute approximate surface area is 90.3 Å². The summed E-state index contributed by atoms with van der Waals surface area (Å²) in [6.07, 6.45) is 6.88. The minimum atomic E-state index is 0.333. The SMILES string of the molecule is NC1CCN(c2cc3c(cn2)CCC3)C1. The molecule has 1 saturated heterocycles. The van der Waals surface area contributed by atoms with Gasteiger partial charge in [-0.25, -0.2) is 4.98 Å². The molecule has 0 bridgehead atoms. The van der Waals surface area contributed by atoms with Gasteiger partial charge in [0.2, 0.25) is 0 Å². The fraction of sp³-hybridized carbons (Fsp3) is 0.583. The fourth-order valence-corrected chi connectivity index (χ4v) is 2.61. The normalized spacial score (nSPS) is 24.6. The third-order valence-corrected chi connectivity index (χ3v) is 3.51. The maximum Gasteiger partial charge on any atom is 0.128 e. The van der Waals surface area contributed by atoms with E-state index in [0.717, 1.165) is 25.3 Å². The van der Waals surface area contributed by atoms with Crippen LogP contribution in [0, 0.1) is 0 Å². The summed E-state index contributed by atoms with van der Waals surface area (Å²) in [6.45, 7) is 2.03. The molecule has 0 amide bonds. The van der Waals surface area contributed by atoms with Gasteiger partial charge in [-0.1, -0.05) is 0 Å². The van der Waals surface area contributed by atoms with Crippen molar-refractivity contribution in [1.29, 1.82) is 0 Å². The summed E-state index contributed by atoms with van der Waals surface area (Å²) in [5, 5.41) is 0. The van der Waals surface area contributed by atoms with Crippen molar-refractivity contribution < 1.29 is 0 Å². The Morgan fingerprint density at radius 3 is 3.00 bits per heavy atom. The van der Waals surface area contributed by atoms with Gasteiger partial charge in [-0.15, -0.1) is 0 Å². The number of nitrogens with zero attached hydrogens (tertiary/aromatic N) is 2. The van der Waals surface area contributed by atoms with Crippen LogP contribution in [-0.4, -0.2) is 24.1 Å². The van der Waals surface area contributed by atoms with Crippen molar-refractivity contribution >= 4 is 5.82 Å². The van der Waals surface area contributed by atoms with E-state index < -0.39 is 0 Å². The van der Waals surface area contributed by atoms with Crippen LogP contribution < -0.4 is 10.6 Å². The molecule has 2 aliphatic rings. The first kappa shape index (κ1) is 9.16. The van der Waals surface area contributed by atoms with Gasteiger partial charge in [0.15, 0.2) is 0 Å². The largest absolute Gasteiger partial charge is 0.355 e. The molecule has 3 heteroatoms. The summed E-state index contributed by atoms with van der Waals surface area (Å²) in [4.78, 5) is 6.85. The Balaban J connectivity index is 1.87. The number of aryl methyl sites for hydroxylation is 2. The zero-order valence-electron chi connectivity index (χ0n) is 8.95. The predicted octanol–water partition coefficient (Wildman–Crippen LogP) is 1.11. The summed E-state index contributed by atoms with van der Waals surface area (Å²) in [5.41, 5.74) is 8.85. The molecule has 1 aromatic rings. The third-order valence-electron chi connectivity index (χ3n) is 3.51. The lowest BCUT2D eigenvalue weighted by Gasteiger charge is -2.17. The molecule has 1 unspecified atom stereocenters. The van der Waals surface area contributed by atoms with Gasteiger partial charge in [0, 0.05) is 25.3 Å². The van der Waals surface area contributed by atoms with Gasteiger partial charge < -0.3 is 10.6 Å². The molecule has 1 atom stereocenters. The number of hydrogen-bond donors (Lipinski definition) is 1. The van der Waals surface area contributed by atoms with Crippen LogP contribution in [0.4, 0.5) is 5.82 Å². The molecular formula is C12H17N3. The Bertz CT molecular complexity index is 375. The van der Waals surface area contributed by atoms with Crippen LogP contribution in [0.1, 0.15) is 24.0 Å². The maximum absolute atomic E-state index is 5.91. The molecule has 2 N–H and O–H groups in total. The molecule has 2 heterocycles. The summed E-state index contributed by atoms with van der Waals surface area (Å²) < 4.78 is 0. The third kappa shape index (κ3) is 1.61. The lowest BCUT2D eigenvalue weighted by atomic mass is 10.2. The van der Waals surface area contributed by atoms with Crippen molar-refractivity contribution in [2.45, 2.75) is 31.7 Å². The maximum atomic E-state index is 5.91. The molecule has 3 nitrogen and oxygen atoms in total. The average Bonchev–Trinajstić information content (AvgIpc) is 2.84. The summed E-state index contributed by atoms with van der Waals surface area (Å²) in [5.74, 6) is 1.13. The predicted molar refractivity (Wildman–Crippen MR) is 61.1 cm³/mol. The Hall–Kier alpha value is -1.09. The molecule has 0 aromatic carbocycles. The Morgan fingerprint density at radius 1 is 1.33 bits per heavy atom. The van der Waals surface area contributed by atoms with E-state index in [1.807, 2.05) is 0 Å². The van der Waals surface area contributed by atoms with Gasteiger partial charge in [-0.2, -0.15) is 0 Å². The number of fused-ring (bicyclic) bond motifs is 1. The number of rotatable bonds is 1. The van der Waals surface area contributed by atoms with Gasteiger partial charge >= 0.3 is 0 Å². The molecule has 1 aromatic heterocycles. The lowest BCUT2D eigenvalue weighted by Crippen LogP contribution is -2.26. The Morgan fingerprint density at radius 2 is 2.20 bits per heavy atom. The van der Waals surface area contributed by atoms with Crippen molar-refractivity contribution in [3.05, 3.63) is 23.4 Å². The number of hydrogen-bond acceptors (Lipinski definition) is 3. The van der Waals surface area contributed by atoms with E-state index in [4.69, 9.17) is 5.73 Å². The average molecular weight is 203 g/mol. The molecule has 1 fully saturated rings. The molecule has 15 heavy (non-hydrogen) atoms. The number of pyridine rings is 1. The second kappa shape index (κ2) is 3.49. The standard InChI is InChI=1S/C12H17N3/c13-11-4-5-15(8-11)12-6-9-2-1-3-10(9)7-14-12/h6-7,11H,1-5,8,13H2. The minimum absolute atomic E-state index is 0.333. The molecule has 1 aliphatic carbocycles. The van der Waals surface area contributed by atoms with Crippen LogP contribution in [0.2, 0.25) is 0 Å². The molecule has 0 radical (unpaired) electrons. The second-order valence-electron chi connectivity index (χ2n) is 4.66. The summed E-state index contributed by atoms with van der Waals surface area (Å²) in [7, 11) is 0. The van der Waals surface area contributed by atoms with Crippen molar-refractivity contribution in [2.75, 3.05) is 18.0 Å². The van der Waals surface area contributed by atoms with Gasteiger partial charge in [-0.05, 0) is 42.9 Å². The highest BCUT2D eigenvalue weighted by Crippen LogP contribution is 2.26. The van der Waals surface area contributed by atoms with Crippen molar-refractivity contribution in [1.82, 2.24) is 4.98 Å². The van der Waals surface area contributed by atoms with E-state index in [9.17, 15) is 0 Å². The number of anilines is 1. The Kier molecular flexibility index (Phi) is 2.13. The van der Waals surface area contributed by atoms with Gasteiger partial charge in [0.1, 0.15) is 5.82 Å². The fourth-order valence-electron chi connectivity index (χ4n) is 2.61. The molecule has 1 aliphatic heterocycles. The van der Waals surface area contributed by atoms with Crippen molar-refractivity contribution in [3.63, 3.8) is 0 Å². The molecule has 3 rings (SSSR count). The molecule has 80 valence electrons. The minimum Gasteiger partial charge on any atom is -0.355 e. The van der Waals surface area contributed by atoms with Crippen molar-refractivity contribution in [3.8, 4) is 0 Å². The van der Waals surface area contributed by atoms with Crippen LogP contribution in [0.3, 0.4) is 0 Å². The van der Waals surface area contributed by atoms with Crippen LogP contribution in [-0.2, 0) is 12.8 Å². The van der Waals surface area contributed by atoms with E-state index in [2.05, 4.69) is 22.1 Å². The highest BCUT2D eigenvalue weighted by atomic mass is 15.2. The lowest BCUT2D eigenvalue weighted by molar-refractivity contribution is 0.751. The quantitative estimate of drug-likeness (QED) is 0.743. The van der Waals surface area contributed by atoms with Crippen LogP contribution >= 0.6 is 0 Å². The topological polar surface area (TPSA) is 42.1 Å². The smallest absolute Gasteiger partial charge is 0.128 e. The first-order valence-corrected chi connectivity index (χ1v) is 5.81. The van der Waals surface area contributed by atoms with Gasteiger partial charge in [0.25, 0.3) is 0 Å². The van der Waals surface area contributed by atoms with Crippen LogP contribution in [0.15, 0.2) is 12.3 Å². The zero-order chi connectivity index (χ0) is 10.3. The number of nitrogens with two attached hydrogens (primary N) is 1. The van der Waals surface area contributed by atoms with Gasteiger partial charge in [0.05, 0.1) is 0 Å². The molecular weight excluding hydrogens is 186 g/mol. The van der Waals surface area contributed by atoms with E-state index in [-0.39, 0.29) is 0 Å². The van der Waals surface area contributed by atoms with E-state index in [0.29, 0.717) is 6.04 Å². The second-order valence-corrected chi connectivity index (χ2v) is 4.66. The summed E-state index contributed by atoms with van der Waals surface area (Å²) >= 11 is 0.